The molecular formula is C19H18FN3O2S. The summed E-state index contributed by atoms with van der Waals surface area (Å²) in [4.78, 5) is 4.24. The Labute approximate surface area is 152 Å². The first-order valence-corrected chi connectivity index (χ1v) is 9.45. The number of sulfonamides is 1. The lowest BCUT2D eigenvalue weighted by molar-refractivity contribution is 0.598. The van der Waals surface area contributed by atoms with Crippen LogP contribution in [-0.4, -0.2) is 13.4 Å². The van der Waals surface area contributed by atoms with Gasteiger partial charge >= 0.3 is 0 Å². The van der Waals surface area contributed by atoms with Crippen LogP contribution in [0.2, 0.25) is 0 Å². The predicted molar refractivity (Wildman–Crippen MR) is 100.0 cm³/mol. The van der Waals surface area contributed by atoms with Crippen LogP contribution in [0.25, 0.3) is 0 Å². The van der Waals surface area contributed by atoms with Crippen LogP contribution < -0.4 is 10.0 Å². The summed E-state index contributed by atoms with van der Waals surface area (Å²) in [6, 6.07) is 16.7. The molecule has 2 N–H and O–H groups in total. The van der Waals surface area contributed by atoms with Crippen molar-refractivity contribution in [1.29, 1.82) is 0 Å². The molecule has 5 nitrogen and oxygen atoms in total. The molecule has 26 heavy (non-hydrogen) atoms. The minimum Gasteiger partial charge on any atom is -0.366 e. The smallest absolute Gasteiger partial charge is 0.262 e. The van der Waals surface area contributed by atoms with Crippen LogP contribution in [0, 0.1) is 12.7 Å². The molecule has 0 aliphatic rings. The van der Waals surface area contributed by atoms with E-state index in [1.807, 2.05) is 30.3 Å². The number of aromatic nitrogens is 1. The van der Waals surface area contributed by atoms with E-state index in [9.17, 15) is 12.8 Å². The molecule has 3 rings (SSSR count). The van der Waals surface area contributed by atoms with Gasteiger partial charge in [0, 0.05) is 6.54 Å². The molecular weight excluding hydrogens is 353 g/mol. The van der Waals surface area contributed by atoms with Gasteiger partial charge < -0.3 is 5.32 Å². The standard InChI is InChI=1S/C19H18FN3O2S/c1-14-11-16(20)7-9-18(14)26(24,25)23-17-8-10-19(22-13-17)21-12-15-5-3-2-4-6-15/h2-11,13,23H,12H2,1H3,(H,21,22). The average Bonchev–Trinajstić information content (AvgIpc) is 2.61. The molecule has 134 valence electrons. The number of nitrogens with zero attached hydrogens (tertiary/aromatic N) is 1. The second kappa shape index (κ2) is 7.53. The van der Waals surface area contributed by atoms with Gasteiger partial charge in [0.25, 0.3) is 10.0 Å². The van der Waals surface area contributed by atoms with Gasteiger partial charge in [-0.3, -0.25) is 4.72 Å². The highest BCUT2D eigenvalue weighted by Gasteiger charge is 2.17. The first-order chi connectivity index (χ1) is 12.4. The fourth-order valence-corrected chi connectivity index (χ4v) is 3.74. The van der Waals surface area contributed by atoms with Crippen molar-refractivity contribution in [3.63, 3.8) is 0 Å². The van der Waals surface area contributed by atoms with Crippen molar-refractivity contribution in [3.8, 4) is 0 Å². The lowest BCUT2D eigenvalue weighted by atomic mass is 10.2. The van der Waals surface area contributed by atoms with Crippen LogP contribution in [0.3, 0.4) is 0 Å². The normalized spacial score (nSPS) is 11.2. The lowest BCUT2D eigenvalue weighted by Gasteiger charge is -2.11. The minimum absolute atomic E-state index is 0.0326. The van der Waals surface area contributed by atoms with E-state index < -0.39 is 15.8 Å². The quantitative estimate of drug-likeness (QED) is 0.688. The summed E-state index contributed by atoms with van der Waals surface area (Å²) in [5.41, 5.74) is 1.79. The second-order valence-corrected chi connectivity index (χ2v) is 7.44. The van der Waals surface area contributed by atoms with Crippen LogP contribution in [0.5, 0.6) is 0 Å². The number of halogens is 1. The van der Waals surface area contributed by atoms with Crippen LogP contribution in [-0.2, 0) is 16.6 Å². The topological polar surface area (TPSA) is 71.1 Å². The van der Waals surface area contributed by atoms with E-state index in [2.05, 4.69) is 15.0 Å². The van der Waals surface area contributed by atoms with Crippen LogP contribution in [0.1, 0.15) is 11.1 Å². The third-order valence-corrected chi connectivity index (χ3v) is 5.30. The molecule has 0 spiro atoms. The molecule has 0 aliphatic carbocycles. The van der Waals surface area contributed by atoms with Crippen LogP contribution in [0.15, 0.2) is 71.8 Å². The van der Waals surface area contributed by atoms with Crippen molar-refractivity contribution in [2.75, 3.05) is 10.0 Å². The zero-order valence-electron chi connectivity index (χ0n) is 14.1. The van der Waals surface area contributed by atoms with E-state index in [1.54, 1.807) is 19.1 Å². The van der Waals surface area contributed by atoms with Crippen molar-refractivity contribution in [2.45, 2.75) is 18.4 Å². The summed E-state index contributed by atoms with van der Waals surface area (Å²) in [6.07, 6.45) is 1.43. The maximum Gasteiger partial charge on any atom is 0.262 e. The summed E-state index contributed by atoms with van der Waals surface area (Å²) in [6.45, 7) is 2.17. The van der Waals surface area contributed by atoms with Crippen LogP contribution >= 0.6 is 0 Å². The van der Waals surface area contributed by atoms with Gasteiger partial charge in [-0.2, -0.15) is 0 Å². The molecule has 0 unspecified atom stereocenters. The van der Waals surface area contributed by atoms with E-state index in [-0.39, 0.29) is 4.90 Å². The van der Waals surface area contributed by atoms with Gasteiger partial charge in [-0.05, 0) is 48.4 Å². The van der Waals surface area contributed by atoms with Crippen molar-refractivity contribution >= 4 is 21.5 Å². The third kappa shape index (κ3) is 4.37. The number of anilines is 2. The number of hydrogen-bond acceptors (Lipinski definition) is 4. The van der Waals surface area contributed by atoms with E-state index >= 15 is 0 Å². The number of pyridine rings is 1. The summed E-state index contributed by atoms with van der Waals surface area (Å²) in [5, 5.41) is 3.17. The second-order valence-electron chi connectivity index (χ2n) is 5.79. The Bertz CT molecular complexity index is 991. The van der Waals surface area contributed by atoms with E-state index in [0.29, 0.717) is 23.6 Å². The molecule has 0 amide bonds. The zero-order chi connectivity index (χ0) is 18.6. The Morgan fingerprint density at radius 3 is 2.46 bits per heavy atom. The van der Waals surface area contributed by atoms with Gasteiger partial charge in [0.05, 0.1) is 16.8 Å². The number of hydrogen-bond donors (Lipinski definition) is 2. The lowest BCUT2D eigenvalue weighted by Crippen LogP contribution is -2.14. The summed E-state index contributed by atoms with van der Waals surface area (Å²) < 4.78 is 40.5. The van der Waals surface area contributed by atoms with E-state index in [1.165, 1.54) is 18.3 Å². The molecule has 0 saturated heterocycles. The van der Waals surface area contributed by atoms with Crippen molar-refractivity contribution < 1.29 is 12.8 Å². The fraction of sp³-hybridized carbons (Fsp3) is 0.105. The average molecular weight is 371 g/mol. The SMILES string of the molecule is Cc1cc(F)ccc1S(=O)(=O)Nc1ccc(NCc2ccccc2)nc1. The Morgan fingerprint density at radius 1 is 1.04 bits per heavy atom. The van der Waals surface area contributed by atoms with Gasteiger partial charge in [-0.1, -0.05) is 30.3 Å². The van der Waals surface area contributed by atoms with Crippen molar-refractivity contribution in [1.82, 2.24) is 4.98 Å². The Hall–Kier alpha value is -2.93. The summed E-state index contributed by atoms with van der Waals surface area (Å²) in [7, 11) is -3.81. The molecule has 1 aromatic heterocycles. The first-order valence-electron chi connectivity index (χ1n) is 7.97. The first kappa shape index (κ1) is 17.9. The highest BCUT2D eigenvalue weighted by molar-refractivity contribution is 7.92. The van der Waals surface area contributed by atoms with Gasteiger partial charge in [0.2, 0.25) is 0 Å². The summed E-state index contributed by atoms with van der Waals surface area (Å²) >= 11 is 0. The maximum atomic E-state index is 13.2. The number of benzene rings is 2. The molecule has 0 atom stereocenters. The predicted octanol–water partition coefficient (Wildman–Crippen LogP) is 3.94. The summed E-state index contributed by atoms with van der Waals surface area (Å²) in [5.74, 6) is 0.159. The monoisotopic (exact) mass is 371 g/mol. The highest BCUT2D eigenvalue weighted by atomic mass is 32.2. The third-order valence-electron chi connectivity index (χ3n) is 3.76. The van der Waals surface area contributed by atoms with Gasteiger partial charge in [-0.15, -0.1) is 0 Å². The fourth-order valence-electron chi connectivity index (χ4n) is 2.47. The molecule has 0 radical (unpaired) electrons. The van der Waals surface area contributed by atoms with E-state index in [0.717, 1.165) is 11.6 Å². The number of rotatable bonds is 6. The van der Waals surface area contributed by atoms with Gasteiger partial charge in [0.1, 0.15) is 11.6 Å². The van der Waals surface area contributed by atoms with Gasteiger partial charge in [0.15, 0.2) is 0 Å². The van der Waals surface area contributed by atoms with Crippen molar-refractivity contribution in [2.24, 2.45) is 0 Å². The molecule has 7 heteroatoms. The zero-order valence-corrected chi connectivity index (χ0v) is 14.9. The molecule has 0 saturated carbocycles. The van der Waals surface area contributed by atoms with Crippen LogP contribution in [0.4, 0.5) is 15.9 Å². The largest absolute Gasteiger partial charge is 0.366 e. The number of aryl methyl sites for hydroxylation is 1. The molecule has 2 aromatic carbocycles. The Kier molecular flexibility index (Phi) is 5.18. The molecule has 0 fully saturated rings. The Morgan fingerprint density at radius 2 is 1.81 bits per heavy atom. The van der Waals surface area contributed by atoms with Gasteiger partial charge in [-0.25, -0.2) is 17.8 Å². The molecule has 3 aromatic rings. The molecule has 0 bridgehead atoms. The molecule has 1 heterocycles. The highest BCUT2D eigenvalue weighted by Crippen LogP contribution is 2.20. The Balaban J connectivity index is 1.68. The molecule has 0 aliphatic heterocycles. The van der Waals surface area contributed by atoms with Crippen molar-refractivity contribution in [3.05, 3.63) is 83.8 Å². The maximum absolute atomic E-state index is 13.2. The van der Waals surface area contributed by atoms with E-state index in [4.69, 9.17) is 0 Å². The number of nitrogens with one attached hydrogen (secondary N) is 2. The minimum atomic E-state index is -3.81.